The lowest BCUT2D eigenvalue weighted by molar-refractivity contribution is 0.0275. The van der Waals surface area contributed by atoms with Crippen molar-refractivity contribution in [1.29, 1.82) is 0 Å². The summed E-state index contributed by atoms with van der Waals surface area (Å²) in [5.74, 6) is 0.695. The summed E-state index contributed by atoms with van der Waals surface area (Å²) in [6.45, 7) is 2.49. The van der Waals surface area contributed by atoms with E-state index in [4.69, 9.17) is 28.3 Å². The fourth-order valence-corrected chi connectivity index (χ4v) is 3.70. The highest BCUT2D eigenvalue weighted by molar-refractivity contribution is 6.42. The number of carboxylic acid groups (broad SMARTS) is 1. The molecule has 3 atom stereocenters. The summed E-state index contributed by atoms with van der Waals surface area (Å²) in [7, 11) is 2.21. The zero-order chi connectivity index (χ0) is 17.0. The number of carboxylic acids is 1. The van der Waals surface area contributed by atoms with Gasteiger partial charge in [0.25, 0.3) is 0 Å². The number of carbonyl (C=O) groups is 1. The number of likely N-dealkylation sites (tertiary alicyclic amines) is 1. The lowest BCUT2D eigenvalue weighted by Gasteiger charge is -2.41. The number of halogens is 2. The van der Waals surface area contributed by atoms with E-state index >= 15 is 0 Å². The van der Waals surface area contributed by atoms with Crippen LogP contribution >= 0.6 is 23.2 Å². The lowest BCUT2D eigenvalue weighted by Crippen LogP contribution is -2.42. The summed E-state index contributed by atoms with van der Waals surface area (Å²) in [4.78, 5) is 12.8. The first-order valence-corrected chi connectivity index (χ1v) is 8.67. The fraction of sp³-hybridized carbons (Fsp3) is 0.588. The second-order valence-corrected chi connectivity index (χ2v) is 7.29. The molecule has 2 fully saturated rings. The molecule has 1 heterocycles. The first-order chi connectivity index (χ1) is 10.9. The Kier molecular flexibility index (Phi) is 6.72. The summed E-state index contributed by atoms with van der Waals surface area (Å²) < 4.78 is 0. The summed E-state index contributed by atoms with van der Waals surface area (Å²) in [5, 5.41) is 18.6. The molecule has 4 nitrogen and oxygen atoms in total. The molecule has 1 aromatic rings. The van der Waals surface area contributed by atoms with Crippen molar-refractivity contribution < 1.29 is 15.0 Å². The van der Waals surface area contributed by atoms with E-state index in [1.54, 1.807) is 0 Å². The van der Waals surface area contributed by atoms with Crippen LogP contribution in [-0.4, -0.2) is 47.3 Å². The van der Waals surface area contributed by atoms with Crippen molar-refractivity contribution in [2.45, 2.75) is 31.8 Å². The minimum atomic E-state index is -1.01. The van der Waals surface area contributed by atoms with Gasteiger partial charge in [0.2, 0.25) is 0 Å². The number of fused-ring (bicyclic) bond motifs is 1. The molecule has 1 aromatic carbocycles. The molecule has 2 N–H and O–H groups in total. The van der Waals surface area contributed by atoms with Gasteiger partial charge in [-0.15, -0.1) is 0 Å². The number of aliphatic hydroxyl groups is 1. The SMILES string of the molecule is CN1CCC2CC(O)CCC2C1.O=C(O)c1ccc(Cl)c(Cl)c1. The molecule has 0 spiro atoms. The predicted molar refractivity (Wildman–Crippen MR) is 92.4 cm³/mol. The number of piperidine rings is 1. The zero-order valence-corrected chi connectivity index (χ0v) is 14.7. The van der Waals surface area contributed by atoms with E-state index in [0.717, 1.165) is 24.7 Å². The first-order valence-electron chi connectivity index (χ1n) is 7.91. The van der Waals surface area contributed by atoms with Crippen LogP contribution in [0.2, 0.25) is 10.0 Å². The molecular formula is C17H23Cl2NO3. The Labute approximate surface area is 147 Å². The van der Waals surface area contributed by atoms with E-state index in [1.807, 2.05) is 0 Å². The van der Waals surface area contributed by atoms with Crippen LogP contribution in [0, 0.1) is 11.8 Å². The van der Waals surface area contributed by atoms with Gasteiger partial charge in [0.15, 0.2) is 0 Å². The van der Waals surface area contributed by atoms with E-state index in [-0.39, 0.29) is 16.7 Å². The van der Waals surface area contributed by atoms with Gasteiger partial charge in [-0.05, 0) is 69.3 Å². The second-order valence-electron chi connectivity index (χ2n) is 6.47. The highest BCUT2D eigenvalue weighted by Crippen LogP contribution is 2.35. The van der Waals surface area contributed by atoms with Crippen LogP contribution in [0.25, 0.3) is 0 Å². The van der Waals surface area contributed by atoms with Crippen LogP contribution in [0.3, 0.4) is 0 Å². The van der Waals surface area contributed by atoms with Crippen molar-refractivity contribution in [1.82, 2.24) is 4.90 Å². The molecule has 1 aliphatic carbocycles. The zero-order valence-electron chi connectivity index (χ0n) is 13.2. The van der Waals surface area contributed by atoms with Crippen LogP contribution < -0.4 is 0 Å². The monoisotopic (exact) mass is 359 g/mol. The Bertz CT molecular complexity index is 535. The summed E-state index contributed by atoms with van der Waals surface area (Å²) >= 11 is 11.1. The van der Waals surface area contributed by atoms with Gasteiger partial charge in [0.1, 0.15) is 0 Å². The highest BCUT2D eigenvalue weighted by Gasteiger charge is 2.32. The van der Waals surface area contributed by atoms with E-state index in [2.05, 4.69) is 11.9 Å². The fourth-order valence-electron chi connectivity index (χ4n) is 3.40. The average molecular weight is 360 g/mol. The van der Waals surface area contributed by atoms with Crippen LogP contribution in [0.5, 0.6) is 0 Å². The predicted octanol–water partition coefficient (Wildman–Crippen LogP) is 3.79. The third-order valence-corrected chi connectivity index (χ3v) is 5.45. The minimum Gasteiger partial charge on any atom is -0.478 e. The van der Waals surface area contributed by atoms with Gasteiger partial charge >= 0.3 is 5.97 Å². The Balaban J connectivity index is 0.000000168. The summed E-state index contributed by atoms with van der Waals surface area (Å²) in [6, 6.07) is 4.16. The van der Waals surface area contributed by atoms with Crippen molar-refractivity contribution in [3.8, 4) is 0 Å². The van der Waals surface area contributed by atoms with Crippen LogP contribution in [0.15, 0.2) is 18.2 Å². The number of rotatable bonds is 1. The first kappa shape index (κ1) is 18.5. The van der Waals surface area contributed by atoms with E-state index < -0.39 is 5.97 Å². The van der Waals surface area contributed by atoms with Gasteiger partial charge in [0.05, 0.1) is 21.7 Å². The lowest BCUT2D eigenvalue weighted by atomic mass is 9.74. The molecule has 6 heteroatoms. The molecule has 3 unspecified atom stereocenters. The molecule has 0 radical (unpaired) electrons. The smallest absolute Gasteiger partial charge is 0.335 e. The third-order valence-electron chi connectivity index (χ3n) is 4.71. The van der Waals surface area contributed by atoms with Gasteiger partial charge < -0.3 is 15.1 Å². The standard InChI is InChI=1S/C10H19NO.C7H4Cl2O2/c1-11-5-4-8-6-10(12)3-2-9(8)7-11;8-5-2-1-4(7(10)11)3-6(5)9/h8-10,12H,2-7H2,1H3;1-3H,(H,10,11). The van der Waals surface area contributed by atoms with Crippen molar-refractivity contribution >= 4 is 29.2 Å². The summed E-state index contributed by atoms with van der Waals surface area (Å²) in [5.41, 5.74) is 0.138. The molecule has 3 rings (SSSR count). The number of aliphatic hydroxyl groups excluding tert-OH is 1. The Morgan fingerprint density at radius 2 is 1.91 bits per heavy atom. The van der Waals surface area contributed by atoms with E-state index in [9.17, 15) is 9.90 Å². The number of hydrogen-bond donors (Lipinski definition) is 2. The molecule has 2 aliphatic rings. The van der Waals surface area contributed by atoms with E-state index in [1.165, 1.54) is 44.1 Å². The molecule has 0 bridgehead atoms. The molecular weight excluding hydrogens is 337 g/mol. The van der Waals surface area contributed by atoms with Crippen molar-refractivity contribution in [3.63, 3.8) is 0 Å². The number of nitrogens with zero attached hydrogens (tertiary/aromatic N) is 1. The third kappa shape index (κ3) is 5.35. The second kappa shape index (κ2) is 8.34. The maximum atomic E-state index is 10.4. The molecule has 1 aliphatic heterocycles. The van der Waals surface area contributed by atoms with Crippen molar-refractivity contribution in [3.05, 3.63) is 33.8 Å². The normalized spacial score (nSPS) is 27.6. The van der Waals surface area contributed by atoms with Gasteiger partial charge in [-0.1, -0.05) is 23.2 Å². The average Bonchev–Trinajstić information content (AvgIpc) is 2.51. The number of benzene rings is 1. The molecule has 128 valence electrons. The highest BCUT2D eigenvalue weighted by atomic mass is 35.5. The maximum absolute atomic E-state index is 10.4. The van der Waals surface area contributed by atoms with Crippen LogP contribution in [0.1, 0.15) is 36.0 Å². The molecule has 0 amide bonds. The molecule has 0 aromatic heterocycles. The Hall–Kier alpha value is -0.810. The number of aromatic carboxylic acids is 1. The van der Waals surface area contributed by atoms with Crippen LogP contribution in [-0.2, 0) is 0 Å². The van der Waals surface area contributed by atoms with Gasteiger partial charge in [-0.3, -0.25) is 0 Å². The van der Waals surface area contributed by atoms with Gasteiger partial charge in [-0.2, -0.15) is 0 Å². The van der Waals surface area contributed by atoms with Gasteiger partial charge in [0, 0.05) is 6.54 Å². The molecule has 1 saturated carbocycles. The largest absolute Gasteiger partial charge is 0.478 e. The van der Waals surface area contributed by atoms with E-state index in [0.29, 0.717) is 5.02 Å². The minimum absolute atomic E-state index is 0.00894. The van der Waals surface area contributed by atoms with Gasteiger partial charge in [-0.25, -0.2) is 4.79 Å². The number of hydrogen-bond acceptors (Lipinski definition) is 3. The maximum Gasteiger partial charge on any atom is 0.335 e. The topological polar surface area (TPSA) is 60.8 Å². The van der Waals surface area contributed by atoms with Crippen molar-refractivity contribution in [2.75, 3.05) is 20.1 Å². The molecule has 23 heavy (non-hydrogen) atoms. The summed E-state index contributed by atoms with van der Waals surface area (Å²) in [6.07, 6.45) is 4.66. The van der Waals surface area contributed by atoms with Crippen LogP contribution in [0.4, 0.5) is 0 Å². The Morgan fingerprint density at radius 3 is 2.57 bits per heavy atom. The van der Waals surface area contributed by atoms with Crippen molar-refractivity contribution in [2.24, 2.45) is 11.8 Å². The quantitative estimate of drug-likeness (QED) is 0.800. The molecule has 1 saturated heterocycles. The Morgan fingerprint density at radius 1 is 1.17 bits per heavy atom.